The van der Waals surface area contributed by atoms with Crippen LogP contribution in [0.1, 0.15) is 21.5 Å². The molecule has 0 fully saturated rings. The summed E-state index contributed by atoms with van der Waals surface area (Å²) in [4.78, 5) is 17.2. The third kappa shape index (κ3) is 4.25. The van der Waals surface area contributed by atoms with Crippen molar-refractivity contribution in [3.05, 3.63) is 102 Å². The number of fused-ring (bicyclic) bond motifs is 1. The number of pyridine rings is 1. The summed E-state index contributed by atoms with van der Waals surface area (Å²) in [6.07, 6.45) is -0.102. The number of rotatable bonds is 4. The zero-order valence-corrected chi connectivity index (χ0v) is 18.0. The van der Waals surface area contributed by atoms with Crippen LogP contribution >= 0.6 is 0 Å². The number of carbonyl (C=O) groups is 1. The van der Waals surface area contributed by atoms with Gasteiger partial charge in [-0.1, -0.05) is 36.4 Å². The first-order chi connectivity index (χ1) is 16.8. The molecule has 3 heterocycles. The molecular formula is C25H17F4N5O. The standard InChI is InChI=1S/C25H17F4N5O/c26-19-14-18(25(27,28)29)16(23-30-10-6-11-31-23)13-17(19)24(35)32-22-20-9-4-5-12-34(20)33-21(22)15-7-2-1-3-8-15/h1-10,12-14H,11H2,(H,30,31)(H,32,35). The molecule has 0 saturated carbocycles. The van der Waals surface area contributed by atoms with E-state index in [1.54, 1.807) is 59.3 Å². The number of anilines is 1. The van der Waals surface area contributed by atoms with Gasteiger partial charge in [0.2, 0.25) is 0 Å². The first-order valence-corrected chi connectivity index (χ1v) is 10.5. The van der Waals surface area contributed by atoms with E-state index < -0.39 is 34.6 Å². The van der Waals surface area contributed by atoms with E-state index in [9.17, 15) is 22.4 Å². The van der Waals surface area contributed by atoms with Crippen molar-refractivity contribution >= 4 is 22.9 Å². The quantitative estimate of drug-likeness (QED) is 0.392. The number of carbonyl (C=O) groups excluding carboxylic acids is 1. The van der Waals surface area contributed by atoms with Crippen molar-refractivity contribution in [1.29, 1.82) is 0 Å². The minimum atomic E-state index is -4.85. The lowest BCUT2D eigenvalue weighted by Gasteiger charge is -2.18. The first-order valence-electron chi connectivity index (χ1n) is 10.5. The van der Waals surface area contributed by atoms with E-state index >= 15 is 0 Å². The van der Waals surface area contributed by atoms with Crippen molar-refractivity contribution < 1.29 is 22.4 Å². The van der Waals surface area contributed by atoms with E-state index in [-0.39, 0.29) is 12.4 Å². The van der Waals surface area contributed by atoms with Crippen LogP contribution in [0.3, 0.4) is 0 Å². The van der Waals surface area contributed by atoms with E-state index in [1.807, 2.05) is 6.07 Å². The Hall–Kier alpha value is -4.47. The zero-order valence-electron chi connectivity index (χ0n) is 18.0. The molecule has 0 spiro atoms. The van der Waals surface area contributed by atoms with Crippen molar-refractivity contribution in [2.24, 2.45) is 4.99 Å². The molecule has 0 aliphatic carbocycles. The number of benzene rings is 2. The predicted molar refractivity (Wildman–Crippen MR) is 124 cm³/mol. The Labute approximate surface area is 196 Å². The fraction of sp³-hybridized carbons (Fsp3) is 0.0800. The van der Waals surface area contributed by atoms with Crippen LogP contribution in [0.25, 0.3) is 16.8 Å². The van der Waals surface area contributed by atoms with Gasteiger partial charge in [-0.05, 0) is 30.3 Å². The van der Waals surface area contributed by atoms with Crippen molar-refractivity contribution in [2.45, 2.75) is 6.18 Å². The lowest BCUT2D eigenvalue weighted by molar-refractivity contribution is -0.137. The fourth-order valence-corrected chi connectivity index (χ4v) is 3.82. The second-order valence-electron chi connectivity index (χ2n) is 7.69. The summed E-state index contributed by atoms with van der Waals surface area (Å²) in [7, 11) is 0. The zero-order chi connectivity index (χ0) is 24.6. The number of aliphatic imine (C=N–C) groups is 1. The van der Waals surface area contributed by atoms with E-state index in [2.05, 4.69) is 20.7 Å². The Morgan fingerprint density at radius 2 is 1.83 bits per heavy atom. The number of halogens is 4. The largest absolute Gasteiger partial charge is 0.417 e. The molecular weight excluding hydrogens is 462 g/mol. The van der Waals surface area contributed by atoms with Crippen molar-refractivity contribution in [3.63, 3.8) is 0 Å². The van der Waals surface area contributed by atoms with Crippen molar-refractivity contribution in [2.75, 3.05) is 11.9 Å². The maximum absolute atomic E-state index is 14.9. The number of amides is 1. The van der Waals surface area contributed by atoms with Gasteiger partial charge in [-0.2, -0.15) is 18.3 Å². The number of nitrogens with zero attached hydrogens (tertiary/aromatic N) is 3. The lowest BCUT2D eigenvalue weighted by Crippen LogP contribution is -2.27. The van der Waals surface area contributed by atoms with Gasteiger partial charge in [0.1, 0.15) is 17.3 Å². The molecule has 0 unspecified atom stereocenters. The van der Waals surface area contributed by atoms with Crippen LogP contribution in [0.5, 0.6) is 0 Å². The van der Waals surface area contributed by atoms with E-state index in [4.69, 9.17) is 0 Å². The Bertz CT molecular complexity index is 1490. The highest BCUT2D eigenvalue weighted by atomic mass is 19.4. The number of amidine groups is 1. The van der Waals surface area contributed by atoms with Gasteiger partial charge < -0.3 is 10.6 Å². The van der Waals surface area contributed by atoms with Crippen LogP contribution < -0.4 is 10.6 Å². The van der Waals surface area contributed by atoms with Crippen LogP contribution in [-0.2, 0) is 6.18 Å². The highest BCUT2D eigenvalue weighted by Crippen LogP contribution is 2.35. The summed E-state index contributed by atoms with van der Waals surface area (Å²) in [6.45, 7) is 0.154. The van der Waals surface area contributed by atoms with Crippen LogP contribution in [-0.4, -0.2) is 27.9 Å². The predicted octanol–water partition coefficient (Wildman–Crippen LogP) is 5.28. The summed E-state index contributed by atoms with van der Waals surface area (Å²) >= 11 is 0. The highest BCUT2D eigenvalue weighted by Gasteiger charge is 2.36. The van der Waals surface area contributed by atoms with Crippen LogP contribution in [0.4, 0.5) is 23.2 Å². The Balaban J connectivity index is 1.60. The second kappa shape index (κ2) is 8.71. The third-order valence-corrected chi connectivity index (χ3v) is 5.43. The fourth-order valence-electron chi connectivity index (χ4n) is 3.82. The summed E-state index contributed by atoms with van der Waals surface area (Å²) in [6, 6.07) is 15.5. The third-order valence-electron chi connectivity index (χ3n) is 5.43. The topological polar surface area (TPSA) is 70.8 Å². The molecule has 6 nitrogen and oxygen atoms in total. The highest BCUT2D eigenvalue weighted by molar-refractivity contribution is 6.11. The lowest BCUT2D eigenvalue weighted by atomic mass is 10.0. The molecule has 5 rings (SSSR count). The van der Waals surface area contributed by atoms with Gasteiger partial charge >= 0.3 is 6.18 Å². The molecule has 1 amide bonds. The normalized spacial score (nSPS) is 13.4. The number of hydrogen-bond donors (Lipinski definition) is 2. The van der Waals surface area contributed by atoms with E-state index in [1.165, 1.54) is 6.20 Å². The van der Waals surface area contributed by atoms with Gasteiger partial charge in [0.15, 0.2) is 0 Å². The molecule has 176 valence electrons. The first kappa shape index (κ1) is 22.3. The van der Waals surface area contributed by atoms with Crippen LogP contribution in [0, 0.1) is 5.82 Å². The molecule has 2 aromatic carbocycles. The maximum atomic E-state index is 14.9. The molecule has 2 N–H and O–H groups in total. The van der Waals surface area contributed by atoms with Crippen molar-refractivity contribution in [3.8, 4) is 11.3 Å². The number of nitrogens with one attached hydrogen (secondary N) is 2. The Morgan fingerprint density at radius 3 is 2.54 bits per heavy atom. The Morgan fingerprint density at radius 1 is 1.06 bits per heavy atom. The van der Waals surface area contributed by atoms with Crippen LogP contribution in [0.2, 0.25) is 0 Å². The molecule has 35 heavy (non-hydrogen) atoms. The van der Waals surface area contributed by atoms with Gasteiger partial charge in [-0.15, -0.1) is 0 Å². The molecule has 10 heteroatoms. The molecule has 2 aromatic heterocycles. The molecule has 1 aliphatic rings. The van der Waals surface area contributed by atoms with Gasteiger partial charge in [0, 0.05) is 23.5 Å². The number of hydrogen-bond acceptors (Lipinski definition) is 4. The molecule has 0 radical (unpaired) electrons. The van der Waals surface area contributed by atoms with E-state index in [0.29, 0.717) is 28.5 Å². The van der Waals surface area contributed by atoms with Gasteiger partial charge in [0.05, 0.1) is 28.9 Å². The summed E-state index contributed by atoms with van der Waals surface area (Å²) in [5, 5.41) is 9.81. The molecule has 0 saturated heterocycles. The number of alkyl halides is 3. The molecule has 1 aliphatic heterocycles. The monoisotopic (exact) mass is 479 g/mol. The van der Waals surface area contributed by atoms with Crippen LogP contribution in [0.15, 0.2) is 84.1 Å². The summed E-state index contributed by atoms with van der Waals surface area (Å²) < 4.78 is 57.4. The van der Waals surface area contributed by atoms with E-state index in [0.717, 1.165) is 6.07 Å². The average molecular weight is 479 g/mol. The molecule has 4 aromatic rings. The smallest absolute Gasteiger partial charge is 0.347 e. The average Bonchev–Trinajstić information content (AvgIpc) is 3.22. The minimum absolute atomic E-state index is 0.102. The minimum Gasteiger partial charge on any atom is -0.347 e. The molecule has 0 atom stereocenters. The number of aromatic nitrogens is 2. The SMILES string of the molecule is O=C(Nc1c(-c2ccccc2)nn2ccccc12)c1cc(C2=NCC=CN2)c(C(F)(F)F)cc1F. The summed E-state index contributed by atoms with van der Waals surface area (Å²) in [5.74, 6) is -2.32. The van der Waals surface area contributed by atoms with Crippen molar-refractivity contribution in [1.82, 2.24) is 14.9 Å². The van der Waals surface area contributed by atoms with Gasteiger partial charge in [0.25, 0.3) is 5.91 Å². The van der Waals surface area contributed by atoms with Gasteiger partial charge in [-0.25, -0.2) is 8.91 Å². The maximum Gasteiger partial charge on any atom is 0.417 e. The molecule has 0 bridgehead atoms. The second-order valence-corrected chi connectivity index (χ2v) is 7.69. The Kier molecular flexibility index (Phi) is 5.56. The van der Waals surface area contributed by atoms with Gasteiger partial charge in [-0.3, -0.25) is 9.79 Å². The summed E-state index contributed by atoms with van der Waals surface area (Å²) in [5.41, 5.74) is -0.227.